The lowest BCUT2D eigenvalue weighted by atomic mass is 10.1. The first-order valence-electron chi connectivity index (χ1n) is 7.18. The third-order valence-electron chi connectivity index (χ3n) is 3.49. The number of pyridine rings is 1. The first-order valence-corrected chi connectivity index (χ1v) is 8.38. The van der Waals surface area contributed by atoms with Crippen molar-refractivity contribution in [3.05, 3.63) is 50.9 Å². The van der Waals surface area contributed by atoms with E-state index in [-0.39, 0.29) is 12.1 Å². The molecule has 2 unspecified atom stereocenters. The number of hydrogen-bond acceptors (Lipinski definition) is 4. The Kier molecular flexibility index (Phi) is 5.76. The van der Waals surface area contributed by atoms with Crippen LogP contribution in [0.5, 0.6) is 0 Å². The van der Waals surface area contributed by atoms with Gasteiger partial charge in [-0.15, -0.1) is 11.3 Å². The molecular weight excluding hydrogens is 302 g/mol. The minimum Gasteiger partial charge on any atom is -0.326 e. The summed E-state index contributed by atoms with van der Waals surface area (Å²) in [5, 5.41) is 0. The van der Waals surface area contributed by atoms with Gasteiger partial charge in [0.1, 0.15) is 0 Å². The molecule has 2 rings (SSSR count). The van der Waals surface area contributed by atoms with Crippen LogP contribution in [-0.4, -0.2) is 22.5 Å². The van der Waals surface area contributed by atoms with Gasteiger partial charge in [-0.2, -0.15) is 0 Å². The van der Waals surface area contributed by atoms with Gasteiger partial charge in [0.05, 0.1) is 16.1 Å². The molecule has 0 radical (unpaired) electrons. The molecule has 0 spiro atoms. The molecule has 5 heteroatoms. The Morgan fingerprint density at radius 1 is 1.33 bits per heavy atom. The second-order valence-electron chi connectivity index (χ2n) is 5.28. The fraction of sp³-hybridized carbons (Fsp3) is 0.438. The standard InChI is InChI=1S/C16H22ClN3S/c1-4-20(10-13-7-5-6-11(2)19-13)16(12(3)18)14-8-9-15(17)21-14/h5-9,12,16H,4,10,18H2,1-3H3. The number of aryl methyl sites for hydroxylation is 1. The van der Waals surface area contributed by atoms with Crippen LogP contribution in [0.3, 0.4) is 0 Å². The lowest BCUT2D eigenvalue weighted by molar-refractivity contribution is 0.178. The number of nitrogens with zero attached hydrogens (tertiary/aromatic N) is 2. The Balaban J connectivity index is 2.24. The van der Waals surface area contributed by atoms with E-state index >= 15 is 0 Å². The van der Waals surface area contributed by atoms with Crippen molar-refractivity contribution < 1.29 is 0 Å². The molecule has 3 nitrogen and oxygen atoms in total. The number of hydrogen-bond donors (Lipinski definition) is 1. The summed E-state index contributed by atoms with van der Waals surface area (Å²) in [5.41, 5.74) is 8.36. The summed E-state index contributed by atoms with van der Waals surface area (Å²) >= 11 is 7.69. The SMILES string of the molecule is CCN(Cc1cccc(C)n1)C(c1ccc(Cl)s1)C(C)N. The van der Waals surface area contributed by atoms with E-state index in [0.717, 1.165) is 28.8 Å². The van der Waals surface area contributed by atoms with Gasteiger partial charge in [-0.1, -0.05) is 24.6 Å². The molecule has 114 valence electrons. The van der Waals surface area contributed by atoms with E-state index in [2.05, 4.69) is 28.9 Å². The van der Waals surface area contributed by atoms with Gasteiger partial charge < -0.3 is 5.73 Å². The van der Waals surface area contributed by atoms with Gasteiger partial charge in [0.15, 0.2) is 0 Å². The van der Waals surface area contributed by atoms with Crippen LogP contribution in [0, 0.1) is 6.92 Å². The largest absolute Gasteiger partial charge is 0.326 e. The summed E-state index contributed by atoms with van der Waals surface area (Å²) in [4.78, 5) is 8.16. The van der Waals surface area contributed by atoms with Crippen molar-refractivity contribution in [1.29, 1.82) is 0 Å². The van der Waals surface area contributed by atoms with E-state index in [1.165, 1.54) is 4.88 Å². The number of halogens is 1. The van der Waals surface area contributed by atoms with Gasteiger partial charge >= 0.3 is 0 Å². The molecule has 2 aromatic heterocycles. The lowest BCUT2D eigenvalue weighted by Crippen LogP contribution is -2.38. The topological polar surface area (TPSA) is 42.2 Å². The zero-order valence-corrected chi connectivity index (χ0v) is 14.3. The number of rotatable bonds is 6. The maximum Gasteiger partial charge on any atom is 0.0931 e. The Labute approximate surface area is 135 Å². The molecule has 0 fully saturated rings. The third kappa shape index (κ3) is 4.27. The molecule has 0 aliphatic heterocycles. The van der Waals surface area contributed by atoms with Crippen molar-refractivity contribution >= 4 is 22.9 Å². The van der Waals surface area contributed by atoms with Crippen LogP contribution in [0.15, 0.2) is 30.3 Å². The molecule has 0 amide bonds. The highest BCUT2D eigenvalue weighted by molar-refractivity contribution is 7.16. The van der Waals surface area contributed by atoms with Crippen LogP contribution in [0.4, 0.5) is 0 Å². The molecule has 2 aromatic rings. The average molecular weight is 324 g/mol. The van der Waals surface area contributed by atoms with Crippen molar-refractivity contribution in [3.8, 4) is 0 Å². The van der Waals surface area contributed by atoms with E-state index in [1.54, 1.807) is 11.3 Å². The van der Waals surface area contributed by atoms with Gasteiger partial charge in [0.2, 0.25) is 0 Å². The third-order valence-corrected chi connectivity index (χ3v) is 4.80. The fourth-order valence-corrected chi connectivity index (χ4v) is 3.87. The summed E-state index contributed by atoms with van der Waals surface area (Å²) in [6, 6.07) is 10.3. The number of thiophene rings is 1. The average Bonchev–Trinajstić information content (AvgIpc) is 2.84. The van der Waals surface area contributed by atoms with Crippen molar-refractivity contribution in [2.75, 3.05) is 6.54 Å². The molecule has 21 heavy (non-hydrogen) atoms. The summed E-state index contributed by atoms with van der Waals surface area (Å²) in [5.74, 6) is 0. The highest BCUT2D eigenvalue weighted by Crippen LogP contribution is 2.32. The molecule has 0 aliphatic carbocycles. The van der Waals surface area contributed by atoms with Crippen LogP contribution < -0.4 is 5.73 Å². The maximum atomic E-state index is 6.24. The molecule has 0 saturated carbocycles. The molecule has 0 saturated heterocycles. The quantitative estimate of drug-likeness (QED) is 0.873. The molecule has 0 aliphatic rings. The van der Waals surface area contributed by atoms with Gasteiger partial charge in [0, 0.05) is 23.2 Å². The van der Waals surface area contributed by atoms with E-state index in [4.69, 9.17) is 17.3 Å². The predicted molar refractivity (Wildman–Crippen MR) is 90.8 cm³/mol. The zero-order chi connectivity index (χ0) is 15.4. The number of aromatic nitrogens is 1. The maximum absolute atomic E-state index is 6.24. The molecule has 2 N–H and O–H groups in total. The minimum absolute atomic E-state index is 0.0319. The summed E-state index contributed by atoms with van der Waals surface area (Å²) < 4.78 is 0.806. The fourth-order valence-electron chi connectivity index (χ4n) is 2.56. The monoisotopic (exact) mass is 323 g/mol. The molecule has 0 bridgehead atoms. The summed E-state index contributed by atoms with van der Waals surface area (Å²) in [7, 11) is 0. The first kappa shape index (κ1) is 16.4. The van der Waals surface area contributed by atoms with Gasteiger partial charge in [0.25, 0.3) is 0 Å². The normalized spacial score (nSPS) is 14.4. The zero-order valence-electron chi connectivity index (χ0n) is 12.7. The van der Waals surface area contributed by atoms with Gasteiger partial charge in [-0.05, 0) is 44.7 Å². The van der Waals surface area contributed by atoms with Crippen molar-refractivity contribution in [2.24, 2.45) is 5.73 Å². The van der Waals surface area contributed by atoms with E-state index < -0.39 is 0 Å². The van der Waals surface area contributed by atoms with E-state index in [0.29, 0.717) is 0 Å². The highest BCUT2D eigenvalue weighted by Gasteiger charge is 2.25. The second kappa shape index (κ2) is 7.36. The van der Waals surface area contributed by atoms with Crippen molar-refractivity contribution in [3.63, 3.8) is 0 Å². The van der Waals surface area contributed by atoms with Crippen LogP contribution in [0.1, 0.15) is 36.2 Å². The van der Waals surface area contributed by atoms with E-state index in [1.807, 2.05) is 32.0 Å². The van der Waals surface area contributed by atoms with E-state index in [9.17, 15) is 0 Å². The Hall–Kier alpha value is -0.940. The van der Waals surface area contributed by atoms with Crippen LogP contribution in [0.25, 0.3) is 0 Å². The molecule has 2 atom stereocenters. The number of nitrogens with two attached hydrogens (primary N) is 1. The van der Waals surface area contributed by atoms with Crippen molar-refractivity contribution in [1.82, 2.24) is 9.88 Å². The summed E-state index contributed by atoms with van der Waals surface area (Å²) in [6.45, 7) is 7.92. The Bertz CT molecular complexity index is 582. The minimum atomic E-state index is 0.0319. The first-order chi connectivity index (χ1) is 10.0. The summed E-state index contributed by atoms with van der Waals surface area (Å²) in [6.07, 6.45) is 0. The predicted octanol–water partition coefficient (Wildman–Crippen LogP) is 4.02. The van der Waals surface area contributed by atoms with Gasteiger partial charge in [-0.3, -0.25) is 9.88 Å². The van der Waals surface area contributed by atoms with Crippen LogP contribution in [-0.2, 0) is 6.54 Å². The molecule has 0 aromatic carbocycles. The number of likely N-dealkylation sites (N-methyl/N-ethyl adjacent to an activating group) is 1. The van der Waals surface area contributed by atoms with Crippen molar-refractivity contribution in [2.45, 2.75) is 39.4 Å². The van der Waals surface area contributed by atoms with Crippen LogP contribution >= 0.6 is 22.9 Å². The lowest BCUT2D eigenvalue weighted by Gasteiger charge is -2.32. The smallest absolute Gasteiger partial charge is 0.0931 e. The molecule has 2 heterocycles. The Morgan fingerprint density at radius 2 is 2.10 bits per heavy atom. The second-order valence-corrected chi connectivity index (χ2v) is 7.03. The van der Waals surface area contributed by atoms with Gasteiger partial charge in [-0.25, -0.2) is 0 Å². The van der Waals surface area contributed by atoms with Crippen LogP contribution in [0.2, 0.25) is 4.34 Å². The molecular formula is C16H22ClN3S. The highest BCUT2D eigenvalue weighted by atomic mass is 35.5. The Morgan fingerprint density at radius 3 is 2.62 bits per heavy atom.